The lowest BCUT2D eigenvalue weighted by molar-refractivity contribution is 0.0341. The fourth-order valence-electron chi connectivity index (χ4n) is 3.87. The highest BCUT2D eigenvalue weighted by Crippen LogP contribution is 2.34. The van der Waals surface area contributed by atoms with Gasteiger partial charge in [0.25, 0.3) is 0 Å². The summed E-state index contributed by atoms with van der Waals surface area (Å²) in [6.45, 7) is 8.27. The van der Waals surface area contributed by atoms with E-state index in [1.807, 2.05) is 18.5 Å². The summed E-state index contributed by atoms with van der Waals surface area (Å²) >= 11 is 6.17. The maximum atomic E-state index is 9.63. The van der Waals surface area contributed by atoms with Gasteiger partial charge in [-0.25, -0.2) is 15.0 Å². The Labute approximate surface area is 188 Å². The van der Waals surface area contributed by atoms with Gasteiger partial charge in [-0.1, -0.05) is 24.4 Å². The van der Waals surface area contributed by atoms with Crippen LogP contribution in [0.2, 0.25) is 5.15 Å². The first kappa shape index (κ1) is 22.0. The second kappa shape index (κ2) is 9.92. The zero-order chi connectivity index (χ0) is 21.7. The summed E-state index contributed by atoms with van der Waals surface area (Å²) in [6.07, 6.45) is 7.23. The summed E-state index contributed by atoms with van der Waals surface area (Å²) in [7, 11) is 0. The molecule has 2 fully saturated rings. The van der Waals surface area contributed by atoms with Crippen molar-refractivity contribution in [3.05, 3.63) is 46.8 Å². The van der Waals surface area contributed by atoms with Gasteiger partial charge < -0.3 is 14.7 Å². The van der Waals surface area contributed by atoms with Crippen molar-refractivity contribution >= 4 is 17.3 Å². The number of nitrogens with zero attached hydrogens (tertiary/aromatic N) is 5. The number of anilines is 1. The van der Waals surface area contributed by atoms with Crippen molar-refractivity contribution in [3.8, 4) is 11.8 Å². The van der Waals surface area contributed by atoms with Crippen LogP contribution < -0.4 is 4.90 Å². The van der Waals surface area contributed by atoms with Crippen LogP contribution in [0.15, 0.2) is 24.7 Å². The molecule has 0 amide bonds. The third-order valence-corrected chi connectivity index (χ3v) is 6.27. The second-order valence-electron chi connectivity index (χ2n) is 8.53. The van der Waals surface area contributed by atoms with Crippen molar-refractivity contribution in [3.63, 3.8) is 0 Å². The number of halogens is 1. The van der Waals surface area contributed by atoms with E-state index >= 15 is 0 Å². The smallest absolute Gasteiger partial charge is 0.205 e. The number of ether oxygens (including phenoxy) is 1. The molecule has 7 nitrogen and oxygen atoms in total. The molecule has 1 N–H and O–H groups in total. The lowest BCUT2D eigenvalue weighted by Crippen LogP contribution is -2.40. The topological polar surface area (TPSA) is 74.6 Å². The number of hydrogen-bond donors (Lipinski definition) is 1. The minimum absolute atomic E-state index is 0.0179. The average Bonchev–Trinajstić information content (AvgIpc) is 2.80. The van der Waals surface area contributed by atoms with Gasteiger partial charge in [0.15, 0.2) is 0 Å². The Balaban J connectivity index is 1.46. The Bertz CT molecular complexity index is 943. The highest BCUT2D eigenvalue weighted by molar-refractivity contribution is 6.29. The van der Waals surface area contributed by atoms with Crippen molar-refractivity contribution < 1.29 is 9.84 Å². The van der Waals surface area contributed by atoms with E-state index < -0.39 is 0 Å². The van der Waals surface area contributed by atoms with E-state index in [4.69, 9.17) is 16.3 Å². The van der Waals surface area contributed by atoms with E-state index in [0.29, 0.717) is 11.0 Å². The van der Waals surface area contributed by atoms with Crippen LogP contribution in [0.25, 0.3) is 0 Å². The third kappa shape index (κ3) is 5.72. The summed E-state index contributed by atoms with van der Waals surface area (Å²) in [4.78, 5) is 17.6. The van der Waals surface area contributed by atoms with E-state index in [-0.39, 0.29) is 12.0 Å². The molecule has 2 aliphatic rings. The van der Waals surface area contributed by atoms with Crippen LogP contribution in [0.5, 0.6) is 0 Å². The Morgan fingerprint density at radius 3 is 2.45 bits per heavy atom. The van der Waals surface area contributed by atoms with Gasteiger partial charge in [-0.3, -0.25) is 4.90 Å². The average molecular weight is 442 g/mol. The van der Waals surface area contributed by atoms with Crippen LogP contribution in [0, 0.1) is 17.3 Å². The molecule has 164 valence electrons. The number of piperidine rings is 1. The number of aromatic nitrogens is 3. The zero-order valence-corrected chi connectivity index (χ0v) is 18.6. The van der Waals surface area contributed by atoms with Crippen LogP contribution in [-0.2, 0) is 11.3 Å². The molecular formula is C23H28ClN5O2. The Hall–Kier alpha value is -2.24. The number of hydrogen-bond acceptors (Lipinski definition) is 7. The highest BCUT2D eigenvalue weighted by Gasteiger charge is 2.30. The molecule has 0 radical (unpaired) electrons. The first-order valence-corrected chi connectivity index (χ1v) is 11.1. The first-order valence-electron chi connectivity index (χ1n) is 10.7. The Kier molecular flexibility index (Phi) is 7.03. The molecule has 2 saturated heterocycles. The largest absolute Gasteiger partial charge is 0.396 e. The number of rotatable bonds is 4. The van der Waals surface area contributed by atoms with E-state index in [1.54, 1.807) is 6.20 Å². The van der Waals surface area contributed by atoms with E-state index in [2.05, 4.69) is 43.5 Å². The SMILES string of the molecule is CC1(CO)CCN(c2cc(Cl)ncc2C#Cc2ncc(CN3CCOCC3)cn2)CC1. The predicted octanol–water partition coefficient (Wildman–Crippen LogP) is 2.36. The summed E-state index contributed by atoms with van der Waals surface area (Å²) < 4.78 is 5.39. The molecule has 0 bridgehead atoms. The zero-order valence-electron chi connectivity index (χ0n) is 17.8. The quantitative estimate of drug-likeness (QED) is 0.576. The summed E-state index contributed by atoms with van der Waals surface area (Å²) in [5, 5.41) is 10.1. The van der Waals surface area contributed by atoms with Gasteiger partial charge >= 0.3 is 0 Å². The molecule has 31 heavy (non-hydrogen) atoms. The van der Waals surface area contributed by atoms with Crippen molar-refractivity contribution in [2.24, 2.45) is 5.41 Å². The predicted molar refractivity (Wildman–Crippen MR) is 120 cm³/mol. The summed E-state index contributed by atoms with van der Waals surface area (Å²) in [6, 6.07) is 1.86. The number of aliphatic hydroxyl groups is 1. The van der Waals surface area contributed by atoms with Gasteiger partial charge in [0.1, 0.15) is 5.15 Å². The minimum Gasteiger partial charge on any atom is -0.396 e. The molecule has 0 aliphatic carbocycles. The fourth-order valence-corrected chi connectivity index (χ4v) is 4.02. The molecule has 0 saturated carbocycles. The standard InChI is InChI=1S/C23H28ClN5O2/c1-23(17-30)4-6-29(7-5-23)20-12-21(24)25-15-19(20)2-3-22-26-13-18(14-27-22)16-28-8-10-31-11-9-28/h12-15,30H,4-11,16-17H2,1H3. The maximum absolute atomic E-state index is 9.63. The molecule has 8 heteroatoms. The minimum atomic E-state index is -0.0179. The fraction of sp³-hybridized carbons (Fsp3) is 0.522. The molecule has 0 aromatic carbocycles. The molecule has 2 aromatic rings. The molecule has 0 unspecified atom stereocenters. The normalized spacial score (nSPS) is 19.0. The molecular weight excluding hydrogens is 414 g/mol. The van der Waals surface area contributed by atoms with Gasteiger partial charge in [-0.2, -0.15) is 0 Å². The van der Waals surface area contributed by atoms with Gasteiger partial charge in [0.2, 0.25) is 5.82 Å². The lowest BCUT2D eigenvalue weighted by atomic mass is 9.81. The van der Waals surface area contributed by atoms with Crippen LogP contribution in [0.4, 0.5) is 5.69 Å². The van der Waals surface area contributed by atoms with Crippen LogP contribution in [0.1, 0.15) is 36.7 Å². The molecule has 2 aromatic heterocycles. The van der Waals surface area contributed by atoms with Crippen molar-refractivity contribution in [1.29, 1.82) is 0 Å². The maximum Gasteiger partial charge on any atom is 0.205 e. The number of pyridine rings is 1. The van der Waals surface area contributed by atoms with Crippen molar-refractivity contribution in [2.75, 3.05) is 50.9 Å². The van der Waals surface area contributed by atoms with Crippen molar-refractivity contribution in [1.82, 2.24) is 19.9 Å². The van der Waals surface area contributed by atoms with Gasteiger partial charge in [0.05, 0.1) is 24.5 Å². The Morgan fingerprint density at radius 2 is 1.77 bits per heavy atom. The van der Waals surface area contributed by atoms with Crippen molar-refractivity contribution in [2.45, 2.75) is 26.3 Å². The first-order chi connectivity index (χ1) is 15.0. The lowest BCUT2D eigenvalue weighted by Gasteiger charge is -2.39. The van der Waals surface area contributed by atoms with E-state index in [1.165, 1.54) is 0 Å². The van der Waals surface area contributed by atoms with Crippen LogP contribution >= 0.6 is 11.6 Å². The molecule has 4 rings (SSSR count). The summed E-state index contributed by atoms with van der Waals surface area (Å²) in [5.74, 6) is 6.72. The van der Waals surface area contributed by atoms with Crippen LogP contribution in [0.3, 0.4) is 0 Å². The third-order valence-electron chi connectivity index (χ3n) is 6.07. The molecule has 0 spiro atoms. The second-order valence-corrected chi connectivity index (χ2v) is 8.92. The number of morpholine rings is 1. The highest BCUT2D eigenvalue weighted by atomic mass is 35.5. The molecule has 2 aliphatic heterocycles. The van der Waals surface area contributed by atoms with E-state index in [0.717, 1.165) is 75.6 Å². The number of aliphatic hydroxyl groups excluding tert-OH is 1. The van der Waals surface area contributed by atoms with Gasteiger partial charge in [0, 0.05) is 69.6 Å². The molecule has 0 atom stereocenters. The van der Waals surface area contributed by atoms with Gasteiger partial charge in [-0.05, 0) is 24.2 Å². The molecule has 4 heterocycles. The van der Waals surface area contributed by atoms with E-state index in [9.17, 15) is 5.11 Å². The summed E-state index contributed by atoms with van der Waals surface area (Å²) in [5.41, 5.74) is 2.83. The van der Waals surface area contributed by atoms with Gasteiger partial charge in [-0.15, -0.1) is 0 Å². The Morgan fingerprint density at radius 1 is 1.06 bits per heavy atom. The monoisotopic (exact) mass is 441 g/mol. The van der Waals surface area contributed by atoms with Crippen LogP contribution in [-0.4, -0.2) is 71.0 Å².